The molecule has 1 heterocycles. The summed E-state index contributed by atoms with van der Waals surface area (Å²) >= 11 is 1.24. The zero-order chi connectivity index (χ0) is 9.84. The first-order valence-corrected chi connectivity index (χ1v) is 4.42. The predicted molar refractivity (Wildman–Crippen MR) is 47.5 cm³/mol. The van der Waals surface area contributed by atoms with Gasteiger partial charge in [0.25, 0.3) is 0 Å². The van der Waals surface area contributed by atoms with E-state index in [-0.39, 0.29) is 0 Å². The highest BCUT2D eigenvalue weighted by Gasteiger charge is 2.20. The number of rotatable bonds is 3. The van der Waals surface area contributed by atoms with Crippen LogP contribution in [0.4, 0.5) is 5.13 Å². The first-order valence-electron chi connectivity index (χ1n) is 3.54. The Hall–Kier alpha value is -1.43. The first-order chi connectivity index (χ1) is 6.11. The van der Waals surface area contributed by atoms with Gasteiger partial charge in [-0.25, -0.2) is 4.98 Å². The number of nitrogens with one attached hydrogen (secondary N) is 1. The maximum absolute atomic E-state index is 11.1. The summed E-state index contributed by atoms with van der Waals surface area (Å²) < 4.78 is 0. The van der Waals surface area contributed by atoms with Crippen LogP contribution in [-0.4, -0.2) is 22.0 Å². The van der Waals surface area contributed by atoms with Gasteiger partial charge in [0.15, 0.2) is 5.13 Å². The van der Waals surface area contributed by atoms with E-state index in [4.69, 9.17) is 5.11 Å². The summed E-state index contributed by atoms with van der Waals surface area (Å²) in [7, 11) is 0. The van der Waals surface area contributed by atoms with Crippen molar-refractivity contribution in [2.75, 3.05) is 5.32 Å². The van der Waals surface area contributed by atoms with E-state index in [1.807, 2.05) is 0 Å². The lowest BCUT2D eigenvalue weighted by Crippen LogP contribution is -2.26. The Labute approximate surface area is 78.4 Å². The van der Waals surface area contributed by atoms with Crippen LogP contribution in [0.15, 0.2) is 11.6 Å². The van der Waals surface area contributed by atoms with E-state index in [0.717, 1.165) is 0 Å². The van der Waals surface area contributed by atoms with Crippen LogP contribution >= 0.6 is 11.3 Å². The molecule has 5 nitrogen and oxygen atoms in total. The molecule has 0 saturated heterocycles. The van der Waals surface area contributed by atoms with Crippen LogP contribution < -0.4 is 5.32 Å². The largest absolute Gasteiger partial charge is 0.481 e. The van der Waals surface area contributed by atoms with E-state index in [2.05, 4.69) is 10.3 Å². The fraction of sp³-hybridized carbons (Fsp3) is 0.286. The van der Waals surface area contributed by atoms with Gasteiger partial charge in [-0.15, -0.1) is 11.3 Å². The minimum absolute atomic E-state index is 0.415. The van der Waals surface area contributed by atoms with E-state index < -0.39 is 17.8 Å². The van der Waals surface area contributed by atoms with Gasteiger partial charge in [-0.2, -0.15) is 0 Å². The molecule has 0 radical (unpaired) electrons. The van der Waals surface area contributed by atoms with Gasteiger partial charge < -0.3 is 10.4 Å². The molecule has 0 aliphatic rings. The van der Waals surface area contributed by atoms with Gasteiger partial charge in [0.2, 0.25) is 5.91 Å². The predicted octanol–water partition coefficient (Wildman–Crippen LogP) is 0.802. The van der Waals surface area contributed by atoms with E-state index in [0.29, 0.717) is 5.13 Å². The highest BCUT2D eigenvalue weighted by Crippen LogP contribution is 2.11. The number of thiazole rings is 1. The normalized spacial score (nSPS) is 12.1. The average Bonchev–Trinajstić information content (AvgIpc) is 2.55. The number of carboxylic acids is 1. The molecular weight excluding hydrogens is 192 g/mol. The molecular formula is C7H8N2O3S. The Kier molecular flexibility index (Phi) is 2.97. The molecule has 0 bridgehead atoms. The van der Waals surface area contributed by atoms with Crippen LogP contribution in [0.3, 0.4) is 0 Å². The van der Waals surface area contributed by atoms with E-state index in [1.54, 1.807) is 5.38 Å². The third-order valence-corrected chi connectivity index (χ3v) is 2.11. The second-order valence-corrected chi connectivity index (χ2v) is 3.28. The third kappa shape index (κ3) is 2.51. The van der Waals surface area contributed by atoms with Crippen molar-refractivity contribution in [1.29, 1.82) is 0 Å². The van der Waals surface area contributed by atoms with Crippen LogP contribution in [0.5, 0.6) is 0 Å². The van der Waals surface area contributed by atoms with Crippen LogP contribution in [0, 0.1) is 5.92 Å². The minimum Gasteiger partial charge on any atom is -0.481 e. The summed E-state index contributed by atoms with van der Waals surface area (Å²) in [6.45, 7) is 1.32. The van der Waals surface area contributed by atoms with E-state index >= 15 is 0 Å². The maximum Gasteiger partial charge on any atom is 0.315 e. The molecule has 13 heavy (non-hydrogen) atoms. The summed E-state index contributed by atoms with van der Waals surface area (Å²) in [6.07, 6.45) is 1.53. The van der Waals surface area contributed by atoms with Crippen molar-refractivity contribution < 1.29 is 14.7 Å². The van der Waals surface area contributed by atoms with Crippen LogP contribution in [0.25, 0.3) is 0 Å². The Morgan fingerprint density at radius 2 is 2.38 bits per heavy atom. The van der Waals surface area contributed by atoms with Crippen LogP contribution in [0.2, 0.25) is 0 Å². The zero-order valence-corrected chi connectivity index (χ0v) is 7.67. The number of hydrogen-bond acceptors (Lipinski definition) is 4. The van der Waals surface area contributed by atoms with Gasteiger partial charge >= 0.3 is 5.97 Å². The number of aliphatic carboxylic acids is 1. The van der Waals surface area contributed by atoms with Crippen molar-refractivity contribution in [2.24, 2.45) is 5.92 Å². The molecule has 0 aliphatic carbocycles. The van der Waals surface area contributed by atoms with Gasteiger partial charge in [0.05, 0.1) is 0 Å². The van der Waals surface area contributed by atoms with Crippen molar-refractivity contribution in [3.8, 4) is 0 Å². The number of carbonyl (C=O) groups excluding carboxylic acids is 1. The number of nitrogens with zero attached hydrogens (tertiary/aromatic N) is 1. The number of carboxylic acid groups (broad SMARTS) is 1. The summed E-state index contributed by atoms with van der Waals surface area (Å²) in [5.74, 6) is -2.75. The highest BCUT2D eigenvalue weighted by molar-refractivity contribution is 7.13. The van der Waals surface area contributed by atoms with Gasteiger partial charge in [-0.05, 0) is 6.92 Å². The molecule has 1 aromatic heterocycles. The molecule has 2 N–H and O–H groups in total. The number of carbonyl (C=O) groups is 2. The third-order valence-electron chi connectivity index (χ3n) is 1.43. The average molecular weight is 200 g/mol. The number of hydrogen-bond donors (Lipinski definition) is 2. The highest BCUT2D eigenvalue weighted by atomic mass is 32.1. The molecule has 0 aromatic carbocycles. The van der Waals surface area contributed by atoms with Gasteiger partial charge in [-0.1, -0.05) is 0 Å². The van der Waals surface area contributed by atoms with Crippen molar-refractivity contribution in [1.82, 2.24) is 4.98 Å². The quantitative estimate of drug-likeness (QED) is 0.707. The molecule has 0 spiro atoms. The lowest BCUT2D eigenvalue weighted by atomic mass is 10.2. The molecule has 1 amide bonds. The molecule has 1 rings (SSSR count). The van der Waals surface area contributed by atoms with Crippen LogP contribution in [-0.2, 0) is 9.59 Å². The van der Waals surface area contributed by atoms with Crippen molar-refractivity contribution >= 4 is 28.3 Å². The topological polar surface area (TPSA) is 79.3 Å². The zero-order valence-electron chi connectivity index (χ0n) is 6.85. The fourth-order valence-corrected chi connectivity index (χ4v) is 1.14. The van der Waals surface area contributed by atoms with E-state index in [9.17, 15) is 9.59 Å². The van der Waals surface area contributed by atoms with Crippen molar-refractivity contribution in [3.63, 3.8) is 0 Å². The molecule has 0 fully saturated rings. The Bertz CT molecular complexity index is 310. The number of amides is 1. The maximum atomic E-state index is 11.1. The molecule has 70 valence electrons. The fourth-order valence-electron chi connectivity index (χ4n) is 0.611. The minimum atomic E-state index is -1.14. The summed E-state index contributed by atoms with van der Waals surface area (Å²) in [5, 5.41) is 13.0. The molecule has 1 atom stereocenters. The van der Waals surface area contributed by atoms with Gasteiger partial charge in [-0.3, -0.25) is 9.59 Å². The van der Waals surface area contributed by atoms with Gasteiger partial charge in [0, 0.05) is 11.6 Å². The lowest BCUT2D eigenvalue weighted by Gasteiger charge is -2.04. The monoisotopic (exact) mass is 200 g/mol. The molecule has 1 aromatic rings. The summed E-state index contributed by atoms with van der Waals surface area (Å²) in [5.41, 5.74) is 0. The second-order valence-electron chi connectivity index (χ2n) is 2.39. The Balaban J connectivity index is 2.56. The summed E-state index contributed by atoms with van der Waals surface area (Å²) in [6, 6.07) is 0. The molecule has 1 unspecified atom stereocenters. The van der Waals surface area contributed by atoms with Crippen molar-refractivity contribution in [3.05, 3.63) is 11.6 Å². The first kappa shape index (κ1) is 9.66. The standard InChI is InChI=1S/C7H8N2O3S/c1-4(6(11)12)5(10)9-7-8-2-3-13-7/h2-4H,1H3,(H,11,12)(H,8,9,10). The molecule has 0 aliphatic heterocycles. The molecule has 6 heteroatoms. The number of aromatic nitrogens is 1. The SMILES string of the molecule is CC(C(=O)O)C(=O)Nc1nccs1. The smallest absolute Gasteiger partial charge is 0.315 e. The van der Waals surface area contributed by atoms with E-state index in [1.165, 1.54) is 24.5 Å². The van der Waals surface area contributed by atoms with Crippen LogP contribution in [0.1, 0.15) is 6.92 Å². The second kappa shape index (κ2) is 3.99. The Morgan fingerprint density at radius 1 is 1.69 bits per heavy atom. The number of anilines is 1. The van der Waals surface area contributed by atoms with Gasteiger partial charge in [0.1, 0.15) is 5.92 Å². The Morgan fingerprint density at radius 3 is 2.85 bits per heavy atom. The van der Waals surface area contributed by atoms with Crippen molar-refractivity contribution in [2.45, 2.75) is 6.92 Å². The lowest BCUT2D eigenvalue weighted by molar-refractivity contribution is -0.144. The summed E-state index contributed by atoms with van der Waals surface area (Å²) in [4.78, 5) is 25.3. The molecule has 0 saturated carbocycles.